The molecular weight excluding hydrogens is 1170 g/mol. The summed E-state index contributed by atoms with van der Waals surface area (Å²) in [4.78, 5) is 24.7. The van der Waals surface area contributed by atoms with Gasteiger partial charge in [0.2, 0.25) is 5.91 Å². The average Bonchev–Trinajstić information content (AvgIpc) is 3.00. The fourth-order valence-corrected chi connectivity index (χ4v) is 14.5. The Labute approximate surface area is 602 Å². The summed E-state index contributed by atoms with van der Waals surface area (Å²) in [6.07, 6.45) is 112. The number of aliphatic hydroxyl groups excluding tert-OH is 2. The first kappa shape index (κ1) is 94.3. The monoisotopic (exact) mass is 1350 g/mol. The molecule has 6 heteroatoms. The molecule has 0 aliphatic heterocycles. The average molecular weight is 1350 g/mol. The van der Waals surface area contributed by atoms with Crippen LogP contribution in [0, 0.1) is 0 Å². The van der Waals surface area contributed by atoms with Crippen LogP contribution in [0.4, 0.5) is 0 Å². The van der Waals surface area contributed by atoms with Crippen LogP contribution in [0.2, 0.25) is 0 Å². The van der Waals surface area contributed by atoms with Crippen molar-refractivity contribution < 1.29 is 24.5 Å². The highest BCUT2D eigenvalue weighted by Crippen LogP contribution is 2.21. The van der Waals surface area contributed by atoms with Gasteiger partial charge >= 0.3 is 5.97 Å². The number of carbonyl (C=O) groups excluding carboxylic acids is 2. The summed E-state index contributed by atoms with van der Waals surface area (Å²) in [5.41, 5.74) is 0. The van der Waals surface area contributed by atoms with E-state index in [9.17, 15) is 19.8 Å². The molecule has 0 heterocycles. The number of rotatable bonds is 85. The van der Waals surface area contributed by atoms with E-state index in [2.05, 4.69) is 43.5 Å². The van der Waals surface area contributed by atoms with Gasteiger partial charge < -0.3 is 20.3 Å². The molecule has 0 aromatic carbocycles. The van der Waals surface area contributed by atoms with E-state index in [0.717, 1.165) is 44.9 Å². The molecule has 2 atom stereocenters. The summed E-state index contributed by atoms with van der Waals surface area (Å²) < 4.78 is 5.52. The zero-order valence-corrected chi connectivity index (χ0v) is 65.7. The molecule has 0 fully saturated rings. The van der Waals surface area contributed by atoms with Crippen LogP contribution in [0.3, 0.4) is 0 Å². The van der Waals surface area contributed by atoms with E-state index in [1.165, 1.54) is 437 Å². The number of hydrogen-bond acceptors (Lipinski definition) is 5. The van der Waals surface area contributed by atoms with Crippen molar-refractivity contribution in [2.75, 3.05) is 13.2 Å². The number of allylic oxidation sites excluding steroid dienone is 4. The zero-order chi connectivity index (χ0) is 69.1. The van der Waals surface area contributed by atoms with Crippen LogP contribution >= 0.6 is 0 Å². The van der Waals surface area contributed by atoms with Gasteiger partial charge in [-0.15, -0.1) is 0 Å². The Hall–Kier alpha value is -1.66. The van der Waals surface area contributed by atoms with Gasteiger partial charge in [-0.2, -0.15) is 0 Å². The van der Waals surface area contributed by atoms with Crippen molar-refractivity contribution in [2.45, 2.75) is 527 Å². The van der Waals surface area contributed by atoms with Crippen molar-refractivity contribution >= 4 is 11.9 Å². The lowest BCUT2D eigenvalue weighted by atomic mass is 10.0. The topological polar surface area (TPSA) is 95.9 Å². The third-order valence-electron chi connectivity index (χ3n) is 21.3. The number of ether oxygens (including phenoxy) is 1. The maximum atomic E-state index is 12.6. The van der Waals surface area contributed by atoms with Gasteiger partial charge in [0.05, 0.1) is 25.4 Å². The van der Waals surface area contributed by atoms with E-state index in [4.69, 9.17) is 4.74 Å². The van der Waals surface area contributed by atoms with Crippen molar-refractivity contribution in [3.8, 4) is 0 Å². The minimum atomic E-state index is -0.664. The van der Waals surface area contributed by atoms with Crippen LogP contribution in [-0.4, -0.2) is 47.4 Å². The van der Waals surface area contributed by atoms with Crippen LogP contribution in [0.5, 0.6) is 0 Å². The van der Waals surface area contributed by atoms with Gasteiger partial charge in [0.25, 0.3) is 0 Å². The van der Waals surface area contributed by atoms with Crippen molar-refractivity contribution in [2.24, 2.45) is 0 Å². The van der Waals surface area contributed by atoms with Gasteiger partial charge in [-0.1, -0.05) is 468 Å². The molecule has 0 bridgehead atoms. The van der Waals surface area contributed by atoms with Crippen molar-refractivity contribution in [3.05, 3.63) is 24.3 Å². The van der Waals surface area contributed by atoms with E-state index in [0.29, 0.717) is 25.9 Å². The summed E-state index contributed by atoms with van der Waals surface area (Å²) >= 11 is 0. The largest absolute Gasteiger partial charge is 0.466 e. The standard InChI is InChI=1S/C90H175NO5/c1-3-5-7-9-11-13-15-17-19-21-23-24-25-41-44-47-50-54-58-62-66-70-74-78-82-88(93)87(86-92)91-89(94)83-79-75-71-67-63-59-55-51-48-45-42-39-37-35-33-31-29-27-26-28-30-32-34-36-38-40-43-46-49-53-57-61-65-69-73-77-81-85-96-90(95)84-80-76-72-68-64-60-56-52-22-20-18-16-14-12-10-8-6-4-2/h26,28,32,34,87-88,92-93H,3-25,27,29-31,33,35-86H2,1-2H3,(H,91,94)/b28-26-,34-32-. The number of unbranched alkanes of at least 4 members (excludes halogenated alkanes) is 70. The van der Waals surface area contributed by atoms with Crippen molar-refractivity contribution in [1.29, 1.82) is 0 Å². The minimum absolute atomic E-state index is 0.0245. The Morgan fingerprint density at radius 2 is 0.521 bits per heavy atom. The Bertz CT molecular complexity index is 1510. The highest BCUT2D eigenvalue weighted by Gasteiger charge is 2.20. The quantitative estimate of drug-likeness (QED) is 0.0320. The summed E-state index contributed by atoms with van der Waals surface area (Å²) in [7, 11) is 0. The molecule has 96 heavy (non-hydrogen) atoms. The van der Waals surface area contributed by atoms with Crippen LogP contribution in [0.15, 0.2) is 24.3 Å². The summed E-state index contributed by atoms with van der Waals surface area (Å²) in [6, 6.07) is -0.541. The SMILES string of the molecule is CCCCCCCCCCCCCCCCCCCCCCCCCCC(O)C(CO)NC(=O)CCCCCCCCCCCCCCCCCCC/C=C\C/C=C\CCCCCCCCCCCCCCCOC(=O)CCCCCCCCCCCCCCCCCCCC. The molecule has 0 rings (SSSR count). The molecule has 1 amide bonds. The molecule has 0 radical (unpaired) electrons. The molecule has 0 aliphatic rings. The minimum Gasteiger partial charge on any atom is -0.466 e. The molecule has 0 aromatic rings. The maximum Gasteiger partial charge on any atom is 0.305 e. The molecule has 0 saturated heterocycles. The van der Waals surface area contributed by atoms with E-state index in [1.807, 2.05) is 0 Å². The molecular formula is C90H175NO5. The normalized spacial score (nSPS) is 12.5. The first-order chi connectivity index (χ1) is 47.5. The fraction of sp³-hybridized carbons (Fsp3) is 0.933. The second kappa shape index (κ2) is 85.8. The number of esters is 1. The second-order valence-corrected chi connectivity index (χ2v) is 30.9. The van der Waals surface area contributed by atoms with Crippen LogP contribution < -0.4 is 5.32 Å². The molecule has 0 aromatic heterocycles. The van der Waals surface area contributed by atoms with Crippen LogP contribution in [0.25, 0.3) is 0 Å². The van der Waals surface area contributed by atoms with Gasteiger partial charge in [-0.3, -0.25) is 9.59 Å². The van der Waals surface area contributed by atoms with Gasteiger partial charge in [0.1, 0.15) is 0 Å². The first-order valence-corrected chi connectivity index (χ1v) is 44.6. The Kier molecular flexibility index (Phi) is 84.3. The van der Waals surface area contributed by atoms with E-state index in [-0.39, 0.29) is 18.5 Å². The van der Waals surface area contributed by atoms with Gasteiger partial charge in [-0.25, -0.2) is 0 Å². The number of hydrogen-bond donors (Lipinski definition) is 3. The molecule has 570 valence electrons. The molecule has 6 nitrogen and oxygen atoms in total. The molecule has 2 unspecified atom stereocenters. The number of amides is 1. The zero-order valence-electron chi connectivity index (χ0n) is 65.7. The summed E-state index contributed by atoms with van der Waals surface area (Å²) in [5, 5.41) is 23.5. The highest BCUT2D eigenvalue weighted by molar-refractivity contribution is 5.76. The smallest absolute Gasteiger partial charge is 0.305 e. The Morgan fingerprint density at radius 1 is 0.292 bits per heavy atom. The Morgan fingerprint density at radius 3 is 0.792 bits per heavy atom. The predicted molar refractivity (Wildman–Crippen MR) is 426 cm³/mol. The lowest BCUT2D eigenvalue weighted by Crippen LogP contribution is -2.45. The number of nitrogens with one attached hydrogen (secondary N) is 1. The molecule has 3 N–H and O–H groups in total. The van der Waals surface area contributed by atoms with Gasteiger partial charge in [0, 0.05) is 12.8 Å². The summed E-state index contributed by atoms with van der Waals surface area (Å²) in [6.45, 7) is 5.02. The maximum absolute atomic E-state index is 12.6. The number of carbonyl (C=O) groups is 2. The first-order valence-electron chi connectivity index (χ1n) is 44.6. The van der Waals surface area contributed by atoms with Gasteiger partial charge in [-0.05, 0) is 57.8 Å². The van der Waals surface area contributed by atoms with Crippen molar-refractivity contribution in [3.63, 3.8) is 0 Å². The highest BCUT2D eigenvalue weighted by atomic mass is 16.5. The molecule has 0 spiro atoms. The molecule has 0 aliphatic carbocycles. The fourth-order valence-electron chi connectivity index (χ4n) is 14.5. The second-order valence-electron chi connectivity index (χ2n) is 30.9. The Balaban J connectivity index is 3.35. The van der Waals surface area contributed by atoms with Crippen LogP contribution in [0.1, 0.15) is 515 Å². The lowest BCUT2D eigenvalue weighted by molar-refractivity contribution is -0.143. The van der Waals surface area contributed by atoms with Gasteiger partial charge in [0.15, 0.2) is 0 Å². The summed E-state index contributed by atoms with van der Waals surface area (Å²) in [5.74, 6) is -0.00129. The molecule has 0 saturated carbocycles. The van der Waals surface area contributed by atoms with Crippen LogP contribution in [-0.2, 0) is 14.3 Å². The lowest BCUT2D eigenvalue weighted by Gasteiger charge is -2.22. The third kappa shape index (κ3) is 81.3. The predicted octanol–water partition coefficient (Wildman–Crippen LogP) is 29.9. The number of aliphatic hydroxyl groups is 2. The van der Waals surface area contributed by atoms with E-state index in [1.54, 1.807) is 0 Å². The van der Waals surface area contributed by atoms with E-state index >= 15 is 0 Å². The van der Waals surface area contributed by atoms with E-state index < -0.39 is 12.1 Å². The third-order valence-corrected chi connectivity index (χ3v) is 21.3. The van der Waals surface area contributed by atoms with Crippen molar-refractivity contribution in [1.82, 2.24) is 5.32 Å².